The van der Waals surface area contributed by atoms with Crippen molar-refractivity contribution in [2.24, 2.45) is 0 Å². The third-order valence-electron chi connectivity index (χ3n) is 1.11. The first kappa shape index (κ1) is 14.8. The molecule has 0 aromatic carbocycles. The number of hydrogen-bond donors (Lipinski definition) is 0. The number of phosphoric ester groups is 1. The fraction of sp³-hybridized carbons (Fsp3) is 0.556. The van der Waals surface area contributed by atoms with Gasteiger partial charge in [0.15, 0.2) is 0 Å². The van der Waals surface area contributed by atoms with Crippen LogP contribution in [-0.4, -0.2) is 20.7 Å². The molecule has 0 aromatic rings. The van der Waals surface area contributed by atoms with Gasteiger partial charge >= 0.3 is 7.82 Å². The summed E-state index contributed by atoms with van der Waals surface area (Å²) in [5.41, 5.74) is 0. The summed E-state index contributed by atoms with van der Waals surface area (Å²) in [6, 6.07) is 0. The molecule has 90 valence electrons. The summed E-state index contributed by atoms with van der Waals surface area (Å²) in [5, 5.41) is 0. The summed E-state index contributed by atoms with van der Waals surface area (Å²) in [5.74, 6) is 4.93. The molecular weight excluding hydrogens is 235 g/mol. The van der Waals surface area contributed by atoms with Gasteiger partial charge in [0.05, 0.1) is 0 Å². The van der Waals surface area contributed by atoms with Crippen LogP contribution in [0.1, 0.15) is 13.8 Å². The molecule has 0 saturated heterocycles. The van der Waals surface area contributed by atoms with Gasteiger partial charge in [-0.1, -0.05) is 11.8 Å². The molecule has 0 aromatic heterocycles. The molecule has 0 aliphatic rings. The summed E-state index contributed by atoms with van der Waals surface area (Å²) >= 11 is 0. The summed E-state index contributed by atoms with van der Waals surface area (Å²) < 4.78 is 34.8. The molecule has 0 amide bonds. The largest absolute Gasteiger partial charge is 0.480 e. The second kappa shape index (κ2) is 9.08. The molecule has 0 aliphatic carbocycles. The third-order valence-corrected chi connectivity index (χ3v) is 2.40. The van der Waals surface area contributed by atoms with E-state index in [1.165, 1.54) is 7.11 Å². The monoisotopic (exact) mass is 248 g/mol. The topological polar surface area (TPSA) is 63.2 Å². The molecule has 0 atom stereocenters. The molecule has 0 unspecified atom stereocenters. The minimum Gasteiger partial charge on any atom is -0.417 e. The van der Waals surface area contributed by atoms with Crippen molar-refractivity contribution < 1.29 is 27.6 Å². The van der Waals surface area contributed by atoms with Gasteiger partial charge in [-0.25, -0.2) is 13.6 Å². The Labute approximate surface area is 94.8 Å². The van der Waals surface area contributed by atoms with E-state index in [2.05, 4.69) is 38.1 Å². The molecule has 0 radical (unpaired) electrons. The second-order valence-corrected chi connectivity index (χ2v) is 3.89. The van der Waals surface area contributed by atoms with Crippen LogP contribution in [0.15, 0.2) is 0 Å². The second-order valence-electron chi connectivity index (χ2n) is 2.12. The van der Waals surface area contributed by atoms with Crippen LogP contribution in [0.2, 0.25) is 0 Å². The lowest BCUT2D eigenvalue weighted by atomic mass is 10.8. The SMILES string of the molecule is CC#COCOP(=O)(OC)OCOC#CC. The summed E-state index contributed by atoms with van der Waals surface area (Å²) in [6.45, 7) is 2.52. The first-order valence-corrected chi connectivity index (χ1v) is 5.66. The van der Waals surface area contributed by atoms with Crippen molar-refractivity contribution in [1.82, 2.24) is 0 Å². The predicted octanol–water partition coefficient (Wildman–Crippen LogP) is 1.68. The lowest BCUT2D eigenvalue weighted by molar-refractivity contribution is 0.00876. The molecule has 0 aliphatic heterocycles. The molecule has 0 bridgehead atoms. The lowest BCUT2D eigenvalue weighted by Gasteiger charge is -2.13. The molecular formula is C9H13O6P. The van der Waals surface area contributed by atoms with Crippen LogP contribution in [0.25, 0.3) is 0 Å². The molecule has 0 fully saturated rings. The zero-order valence-electron chi connectivity index (χ0n) is 9.31. The maximum Gasteiger partial charge on any atom is 0.480 e. The van der Waals surface area contributed by atoms with Crippen molar-refractivity contribution in [3.63, 3.8) is 0 Å². The summed E-state index contributed by atoms with van der Waals surface area (Å²) in [6.07, 6.45) is 4.52. The predicted molar refractivity (Wildman–Crippen MR) is 55.6 cm³/mol. The number of rotatable bonds is 7. The first-order chi connectivity index (χ1) is 7.68. The van der Waals surface area contributed by atoms with Crippen molar-refractivity contribution in [2.45, 2.75) is 13.8 Å². The van der Waals surface area contributed by atoms with Crippen molar-refractivity contribution in [3.8, 4) is 24.1 Å². The van der Waals surface area contributed by atoms with Gasteiger partial charge in [-0.15, -0.1) is 0 Å². The summed E-state index contributed by atoms with van der Waals surface area (Å²) in [7, 11) is -2.49. The first-order valence-electron chi connectivity index (χ1n) is 4.20. The van der Waals surface area contributed by atoms with E-state index in [9.17, 15) is 4.57 Å². The van der Waals surface area contributed by atoms with Crippen LogP contribution < -0.4 is 0 Å². The Bertz CT molecular complexity index is 314. The van der Waals surface area contributed by atoms with Crippen molar-refractivity contribution in [3.05, 3.63) is 0 Å². The zero-order valence-corrected chi connectivity index (χ0v) is 10.2. The fourth-order valence-electron chi connectivity index (χ4n) is 0.528. The number of ether oxygens (including phenoxy) is 2. The van der Waals surface area contributed by atoms with Gasteiger partial charge in [-0.2, -0.15) is 0 Å². The van der Waals surface area contributed by atoms with Crippen LogP contribution in [0.5, 0.6) is 0 Å². The van der Waals surface area contributed by atoms with Crippen LogP contribution in [0.4, 0.5) is 0 Å². The molecule has 0 spiro atoms. The quantitative estimate of drug-likeness (QED) is 0.295. The van der Waals surface area contributed by atoms with E-state index in [4.69, 9.17) is 9.05 Å². The molecule has 16 heavy (non-hydrogen) atoms. The standard InChI is InChI=1S/C9H13O6P/c1-4-6-12-8-14-16(10,11-3)15-9-13-7-5-2/h8-9H2,1-3H3. The zero-order chi connectivity index (χ0) is 12.3. The van der Waals surface area contributed by atoms with Gasteiger partial charge in [-0.05, 0) is 0 Å². The van der Waals surface area contributed by atoms with Gasteiger partial charge in [0.1, 0.15) is 12.2 Å². The van der Waals surface area contributed by atoms with Crippen LogP contribution in [-0.2, 0) is 27.6 Å². The minimum absolute atomic E-state index is 0.328. The van der Waals surface area contributed by atoms with Gasteiger partial charge in [-0.3, -0.25) is 4.52 Å². The van der Waals surface area contributed by atoms with E-state index in [0.29, 0.717) is 0 Å². The van der Waals surface area contributed by atoms with Crippen molar-refractivity contribution in [1.29, 1.82) is 0 Å². The highest BCUT2D eigenvalue weighted by molar-refractivity contribution is 7.48. The van der Waals surface area contributed by atoms with E-state index in [-0.39, 0.29) is 13.6 Å². The van der Waals surface area contributed by atoms with Crippen LogP contribution in [0.3, 0.4) is 0 Å². The Hall–Kier alpha value is -1.17. The average Bonchev–Trinajstić information content (AvgIpc) is 2.31. The minimum atomic E-state index is -3.67. The van der Waals surface area contributed by atoms with Crippen LogP contribution >= 0.6 is 7.82 Å². The molecule has 0 rings (SSSR count). The van der Waals surface area contributed by atoms with Crippen molar-refractivity contribution in [2.75, 3.05) is 20.7 Å². The Morgan fingerprint density at radius 2 is 1.44 bits per heavy atom. The Kier molecular flexibility index (Phi) is 8.42. The third kappa shape index (κ3) is 7.17. The normalized spacial score (nSPS) is 9.44. The van der Waals surface area contributed by atoms with Gasteiger partial charge in [0.25, 0.3) is 0 Å². The number of phosphoric acid groups is 1. The van der Waals surface area contributed by atoms with Gasteiger partial charge < -0.3 is 9.47 Å². The fourth-order valence-corrected chi connectivity index (χ4v) is 1.18. The molecule has 0 saturated carbocycles. The summed E-state index contributed by atoms with van der Waals surface area (Å²) in [4.78, 5) is 0. The van der Waals surface area contributed by atoms with Crippen LogP contribution in [0, 0.1) is 24.1 Å². The average molecular weight is 248 g/mol. The lowest BCUT2D eigenvalue weighted by Crippen LogP contribution is -2.02. The highest BCUT2D eigenvalue weighted by atomic mass is 31.2. The molecule has 6 nitrogen and oxygen atoms in total. The highest BCUT2D eigenvalue weighted by Crippen LogP contribution is 2.48. The maximum absolute atomic E-state index is 11.6. The smallest absolute Gasteiger partial charge is 0.417 e. The van der Waals surface area contributed by atoms with Gasteiger partial charge in [0, 0.05) is 21.0 Å². The van der Waals surface area contributed by atoms with E-state index in [1.807, 2.05) is 0 Å². The maximum atomic E-state index is 11.6. The van der Waals surface area contributed by atoms with Crippen molar-refractivity contribution >= 4 is 7.82 Å². The van der Waals surface area contributed by atoms with E-state index in [0.717, 1.165) is 0 Å². The highest BCUT2D eigenvalue weighted by Gasteiger charge is 2.25. The Morgan fingerprint density at radius 3 is 1.75 bits per heavy atom. The number of hydrogen-bond acceptors (Lipinski definition) is 6. The van der Waals surface area contributed by atoms with E-state index in [1.54, 1.807) is 13.8 Å². The molecule has 0 N–H and O–H groups in total. The Morgan fingerprint density at radius 1 is 1.00 bits per heavy atom. The van der Waals surface area contributed by atoms with Gasteiger partial charge in [0.2, 0.25) is 13.6 Å². The Balaban J connectivity index is 3.92. The molecule has 7 heteroatoms. The molecule has 0 heterocycles. The van der Waals surface area contributed by atoms with E-state index < -0.39 is 7.82 Å². The van der Waals surface area contributed by atoms with E-state index >= 15 is 0 Å².